The summed E-state index contributed by atoms with van der Waals surface area (Å²) in [6.45, 7) is 2.11. The molecule has 0 bridgehead atoms. The highest BCUT2D eigenvalue weighted by Gasteiger charge is 2.14. The molecule has 0 aliphatic rings. The zero-order valence-corrected chi connectivity index (χ0v) is 11.6. The molecule has 94 valence electrons. The molecule has 0 aromatic carbocycles. The third-order valence-electron chi connectivity index (χ3n) is 2.53. The molecule has 0 saturated carbocycles. The molecule has 2 heterocycles. The van der Waals surface area contributed by atoms with Crippen molar-refractivity contribution in [1.29, 1.82) is 0 Å². The predicted molar refractivity (Wildman–Crippen MR) is 78.9 cm³/mol. The fraction of sp³-hybridized carbons (Fsp3) is 0.250. The molecule has 0 aliphatic carbocycles. The van der Waals surface area contributed by atoms with Gasteiger partial charge in [-0.05, 0) is 18.6 Å². The summed E-state index contributed by atoms with van der Waals surface area (Å²) < 4.78 is 0. The molecule has 2 rings (SSSR count). The number of nitrogens with one attached hydrogen (secondary N) is 1. The van der Waals surface area contributed by atoms with Gasteiger partial charge in [0.1, 0.15) is 15.7 Å². The van der Waals surface area contributed by atoms with Crippen LogP contribution in [0.3, 0.4) is 0 Å². The molecule has 0 amide bonds. The highest BCUT2D eigenvalue weighted by molar-refractivity contribution is 7.80. The summed E-state index contributed by atoms with van der Waals surface area (Å²) >= 11 is 6.63. The van der Waals surface area contributed by atoms with Crippen LogP contribution in [0.4, 0.5) is 5.69 Å². The van der Waals surface area contributed by atoms with E-state index in [1.165, 1.54) is 0 Å². The third-order valence-corrected chi connectivity index (χ3v) is 3.61. The topological polar surface area (TPSA) is 63.8 Å². The first-order valence-corrected chi connectivity index (χ1v) is 6.92. The van der Waals surface area contributed by atoms with Crippen molar-refractivity contribution in [2.45, 2.75) is 19.4 Å². The normalized spacial score (nSPS) is 12.1. The second kappa shape index (κ2) is 5.88. The van der Waals surface area contributed by atoms with Gasteiger partial charge < -0.3 is 11.1 Å². The molecule has 0 radical (unpaired) electrons. The van der Waals surface area contributed by atoms with Gasteiger partial charge in [-0.25, -0.2) is 4.98 Å². The van der Waals surface area contributed by atoms with E-state index in [-0.39, 0.29) is 6.04 Å². The minimum atomic E-state index is 0.155. The number of thiocarbonyl (C=S) groups is 1. The summed E-state index contributed by atoms with van der Waals surface area (Å²) in [5.41, 5.74) is 7.15. The minimum absolute atomic E-state index is 0.155. The second-order valence-corrected chi connectivity index (χ2v) is 5.11. The van der Waals surface area contributed by atoms with Gasteiger partial charge in [-0.1, -0.05) is 19.1 Å². The number of nitrogens with zero attached hydrogens (tertiary/aromatic N) is 2. The first kappa shape index (κ1) is 12.9. The smallest absolute Gasteiger partial charge is 0.124 e. The average molecular weight is 278 g/mol. The summed E-state index contributed by atoms with van der Waals surface area (Å²) in [6.07, 6.45) is 4.42. The standard InChI is InChI=1S/C12H14N4S2/c1-2-8(12-15-6-7-18-12)16-9-4-3-5-14-10(9)11(13)17/h3-8,16H,2H2,1H3,(H2,13,17). The lowest BCUT2D eigenvalue weighted by molar-refractivity contribution is 0.741. The van der Waals surface area contributed by atoms with Crippen molar-refractivity contribution in [3.8, 4) is 0 Å². The van der Waals surface area contributed by atoms with Gasteiger partial charge in [0.15, 0.2) is 0 Å². The molecule has 3 N–H and O–H groups in total. The van der Waals surface area contributed by atoms with Crippen molar-refractivity contribution in [2.75, 3.05) is 5.32 Å². The fourth-order valence-electron chi connectivity index (χ4n) is 1.65. The van der Waals surface area contributed by atoms with Gasteiger partial charge in [0, 0.05) is 17.8 Å². The molecule has 0 fully saturated rings. The van der Waals surface area contributed by atoms with Gasteiger partial charge in [-0.3, -0.25) is 4.98 Å². The van der Waals surface area contributed by atoms with Gasteiger partial charge in [0.05, 0.1) is 11.7 Å². The Morgan fingerprint density at radius 2 is 2.33 bits per heavy atom. The van der Waals surface area contributed by atoms with Crippen molar-refractivity contribution >= 4 is 34.2 Å². The lowest BCUT2D eigenvalue weighted by atomic mass is 10.2. The van der Waals surface area contributed by atoms with E-state index in [1.807, 2.05) is 23.7 Å². The molecule has 1 atom stereocenters. The van der Waals surface area contributed by atoms with Crippen molar-refractivity contribution in [2.24, 2.45) is 5.73 Å². The van der Waals surface area contributed by atoms with Crippen LogP contribution in [0, 0.1) is 0 Å². The lowest BCUT2D eigenvalue weighted by Gasteiger charge is -2.17. The maximum atomic E-state index is 5.67. The van der Waals surface area contributed by atoms with Crippen molar-refractivity contribution < 1.29 is 0 Å². The molecule has 18 heavy (non-hydrogen) atoms. The van der Waals surface area contributed by atoms with Gasteiger partial charge in [-0.2, -0.15) is 0 Å². The van der Waals surface area contributed by atoms with E-state index in [4.69, 9.17) is 18.0 Å². The minimum Gasteiger partial charge on any atom is -0.388 e. The van der Waals surface area contributed by atoms with Crippen LogP contribution < -0.4 is 11.1 Å². The summed E-state index contributed by atoms with van der Waals surface area (Å²) in [6, 6.07) is 3.94. The molecule has 0 spiro atoms. The summed E-state index contributed by atoms with van der Waals surface area (Å²) in [5.74, 6) is 0. The monoisotopic (exact) mass is 278 g/mol. The number of hydrogen-bond donors (Lipinski definition) is 2. The summed E-state index contributed by atoms with van der Waals surface area (Å²) in [7, 11) is 0. The Morgan fingerprint density at radius 1 is 1.50 bits per heavy atom. The molecule has 0 aliphatic heterocycles. The van der Waals surface area contributed by atoms with Crippen LogP contribution in [0.5, 0.6) is 0 Å². The van der Waals surface area contributed by atoms with Crippen LogP contribution in [-0.4, -0.2) is 15.0 Å². The van der Waals surface area contributed by atoms with Crippen molar-refractivity contribution in [3.63, 3.8) is 0 Å². The Labute approximate surface area is 115 Å². The average Bonchev–Trinajstić information content (AvgIpc) is 2.90. The number of aromatic nitrogens is 2. The van der Waals surface area contributed by atoms with E-state index in [2.05, 4.69) is 22.2 Å². The van der Waals surface area contributed by atoms with E-state index in [1.54, 1.807) is 17.5 Å². The van der Waals surface area contributed by atoms with Crippen LogP contribution in [0.25, 0.3) is 0 Å². The second-order valence-electron chi connectivity index (χ2n) is 3.74. The number of pyridine rings is 1. The van der Waals surface area contributed by atoms with E-state index in [0.717, 1.165) is 17.1 Å². The summed E-state index contributed by atoms with van der Waals surface area (Å²) in [4.78, 5) is 8.83. The molecule has 0 saturated heterocycles. The number of hydrogen-bond acceptors (Lipinski definition) is 5. The Morgan fingerprint density at radius 3 is 2.94 bits per heavy atom. The van der Waals surface area contributed by atoms with Gasteiger partial charge >= 0.3 is 0 Å². The number of anilines is 1. The van der Waals surface area contributed by atoms with Gasteiger partial charge in [0.2, 0.25) is 0 Å². The Hall–Kier alpha value is -1.53. The van der Waals surface area contributed by atoms with Crippen LogP contribution in [-0.2, 0) is 0 Å². The van der Waals surface area contributed by atoms with Crippen molar-refractivity contribution in [3.05, 3.63) is 40.6 Å². The van der Waals surface area contributed by atoms with E-state index in [0.29, 0.717) is 10.7 Å². The van der Waals surface area contributed by atoms with Crippen molar-refractivity contribution in [1.82, 2.24) is 9.97 Å². The largest absolute Gasteiger partial charge is 0.388 e. The first-order chi connectivity index (χ1) is 8.72. The van der Waals surface area contributed by atoms with E-state index >= 15 is 0 Å². The molecule has 2 aromatic rings. The summed E-state index contributed by atoms with van der Waals surface area (Å²) in [5, 5.41) is 6.42. The van der Waals surface area contributed by atoms with Crippen LogP contribution in [0.1, 0.15) is 30.1 Å². The molecule has 2 aromatic heterocycles. The number of thiazole rings is 1. The van der Waals surface area contributed by atoms with Gasteiger partial charge in [0.25, 0.3) is 0 Å². The maximum absolute atomic E-state index is 5.67. The molecule has 4 nitrogen and oxygen atoms in total. The Kier molecular flexibility index (Phi) is 4.22. The van der Waals surface area contributed by atoms with E-state index < -0.39 is 0 Å². The highest BCUT2D eigenvalue weighted by atomic mass is 32.1. The number of rotatable bonds is 5. The lowest BCUT2D eigenvalue weighted by Crippen LogP contribution is -2.17. The number of nitrogens with two attached hydrogens (primary N) is 1. The van der Waals surface area contributed by atoms with E-state index in [9.17, 15) is 0 Å². The Bertz CT molecular complexity index is 525. The fourth-order valence-corrected chi connectivity index (χ4v) is 2.59. The third kappa shape index (κ3) is 2.83. The van der Waals surface area contributed by atoms with Crippen LogP contribution >= 0.6 is 23.6 Å². The maximum Gasteiger partial charge on any atom is 0.124 e. The molecule has 1 unspecified atom stereocenters. The zero-order valence-electron chi connectivity index (χ0n) is 9.96. The molecular weight excluding hydrogens is 264 g/mol. The van der Waals surface area contributed by atoms with Crippen LogP contribution in [0.2, 0.25) is 0 Å². The van der Waals surface area contributed by atoms with Crippen LogP contribution in [0.15, 0.2) is 29.9 Å². The Balaban J connectivity index is 2.25. The van der Waals surface area contributed by atoms with Gasteiger partial charge in [-0.15, -0.1) is 11.3 Å². The quantitative estimate of drug-likeness (QED) is 0.823. The predicted octanol–water partition coefficient (Wildman–Crippen LogP) is 2.74. The molecular formula is C12H14N4S2. The molecule has 6 heteroatoms. The highest BCUT2D eigenvalue weighted by Crippen LogP contribution is 2.25. The first-order valence-electron chi connectivity index (χ1n) is 5.63. The SMILES string of the molecule is CCC(Nc1cccnc1C(N)=S)c1nccs1. The zero-order chi connectivity index (χ0) is 13.0.